The van der Waals surface area contributed by atoms with Crippen LogP contribution in [0, 0.1) is 18.3 Å². The quantitative estimate of drug-likeness (QED) is 0.827. The molecule has 2 aromatic rings. The van der Waals surface area contributed by atoms with Gasteiger partial charge in [-0.05, 0) is 30.7 Å². The van der Waals surface area contributed by atoms with Crippen LogP contribution in [0.15, 0.2) is 36.5 Å². The fraction of sp³-hybridized carbons (Fsp3) is 0.143. The van der Waals surface area contributed by atoms with E-state index in [1.807, 2.05) is 31.2 Å². The van der Waals surface area contributed by atoms with Crippen molar-refractivity contribution in [1.29, 1.82) is 5.26 Å². The van der Waals surface area contributed by atoms with Crippen LogP contribution < -0.4 is 9.47 Å². The molecule has 0 unspecified atom stereocenters. The molecule has 18 heavy (non-hydrogen) atoms. The summed E-state index contributed by atoms with van der Waals surface area (Å²) in [6, 6.07) is 10.9. The summed E-state index contributed by atoms with van der Waals surface area (Å²) in [6.07, 6.45) is 1.54. The summed E-state index contributed by atoms with van der Waals surface area (Å²) in [6.45, 7) is 1.97. The summed E-state index contributed by atoms with van der Waals surface area (Å²) in [5.74, 6) is 1.58. The molecule has 0 saturated heterocycles. The Balaban J connectivity index is 2.31. The minimum absolute atomic E-state index is 0.371. The molecule has 1 heterocycles. The summed E-state index contributed by atoms with van der Waals surface area (Å²) in [7, 11) is 1.58. The van der Waals surface area contributed by atoms with Crippen LogP contribution >= 0.6 is 0 Å². The predicted octanol–water partition coefficient (Wildman–Crippen LogP) is 3.06. The van der Waals surface area contributed by atoms with Crippen LogP contribution in [0.3, 0.4) is 0 Å². The lowest BCUT2D eigenvalue weighted by molar-refractivity contribution is 0.374. The van der Waals surface area contributed by atoms with Crippen LogP contribution in [0.1, 0.15) is 11.1 Å². The minimum atomic E-state index is 0.371. The number of aryl methyl sites for hydroxylation is 1. The van der Waals surface area contributed by atoms with Gasteiger partial charge in [-0.25, -0.2) is 4.98 Å². The molecule has 0 atom stereocenters. The highest BCUT2D eigenvalue weighted by Gasteiger charge is 2.07. The number of nitrogens with zero attached hydrogens (tertiary/aromatic N) is 2. The summed E-state index contributed by atoms with van der Waals surface area (Å²) < 4.78 is 10.8. The fourth-order valence-electron chi connectivity index (χ4n) is 1.51. The Morgan fingerprint density at radius 2 is 2.00 bits per heavy atom. The largest absolute Gasteiger partial charge is 0.493 e. The number of rotatable bonds is 3. The number of aromatic nitrogens is 1. The topological polar surface area (TPSA) is 55.1 Å². The zero-order chi connectivity index (χ0) is 13.0. The normalized spacial score (nSPS) is 9.61. The van der Waals surface area contributed by atoms with Gasteiger partial charge in [-0.1, -0.05) is 6.07 Å². The van der Waals surface area contributed by atoms with Crippen molar-refractivity contribution in [2.24, 2.45) is 0 Å². The summed E-state index contributed by atoms with van der Waals surface area (Å²) >= 11 is 0. The maximum absolute atomic E-state index is 8.81. The summed E-state index contributed by atoms with van der Waals surface area (Å²) in [4.78, 5) is 4.05. The van der Waals surface area contributed by atoms with Gasteiger partial charge in [0.05, 0.1) is 18.7 Å². The highest BCUT2D eigenvalue weighted by molar-refractivity contribution is 5.45. The van der Waals surface area contributed by atoms with Crippen molar-refractivity contribution in [3.8, 4) is 23.4 Å². The molecule has 0 aliphatic rings. The van der Waals surface area contributed by atoms with Crippen LogP contribution in [-0.2, 0) is 0 Å². The zero-order valence-electron chi connectivity index (χ0n) is 10.2. The maximum Gasteiger partial charge on any atom is 0.220 e. The first-order chi connectivity index (χ1) is 8.72. The smallest absolute Gasteiger partial charge is 0.220 e. The Morgan fingerprint density at radius 3 is 2.72 bits per heavy atom. The van der Waals surface area contributed by atoms with E-state index >= 15 is 0 Å². The molecule has 1 aromatic carbocycles. The van der Waals surface area contributed by atoms with Crippen LogP contribution in [-0.4, -0.2) is 12.1 Å². The number of ether oxygens (including phenoxy) is 2. The van der Waals surface area contributed by atoms with Crippen molar-refractivity contribution < 1.29 is 9.47 Å². The van der Waals surface area contributed by atoms with E-state index in [9.17, 15) is 0 Å². The first-order valence-corrected chi connectivity index (χ1v) is 5.41. The first-order valence-electron chi connectivity index (χ1n) is 5.41. The van der Waals surface area contributed by atoms with Crippen molar-refractivity contribution in [2.45, 2.75) is 6.92 Å². The molecular formula is C14H12N2O2. The van der Waals surface area contributed by atoms with E-state index in [1.54, 1.807) is 19.2 Å². The molecule has 0 spiro atoms. The minimum Gasteiger partial charge on any atom is -0.493 e. The number of benzene rings is 1. The Hall–Kier alpha value is -2.54. The average Bonchev–Trinajstić information content (AvgIpc) is 2.41. The number of hydrogen-bond donors (Lipinski definition) is 0. The molecule has 4 heteroatoms. The lowest BCUT2D eigenvalue weighted by Gasteiger charge is -2.10. The van der Waals surface area contributed by atoms with E-state index in [2.05, 4.69) is 4.98 Å². The molecule has 0 bridgehead atoms. The second kappa shape index (κ2) is 5.19. The lowest BCUT2D eigenvalue weighted by atomic mass is 10.2. The molecule has 2 rings (SSSR count). The number of pyridine rings is 1. The van der Waals surface area contributed by atoms with Crippen molar-refractivity contribution in [1.82, 2.24) is 4.98 Å². The third-order valence-electron chi connectivity index (χ3n) is 2.40. The van der Waals surface area contributed by atoms with Gasteiger partial charge in [0.25, 0.3) is 0 Å². The van der Waals surface area contributed by atoms with Crippen LogP contribution in [0.5, 0.6) is 17.4 Å². The van der Waals surface area contributed by atoms with Gasteiger partial charge in [-0.3, -0.25) is 0 Å². The van der Waals surface area contributed by atoms with E-state index in [0.717, 1.165) is 5.56 Å². The summed E-state index contributed by atoms with van der Waals surface area (Å²) in [5, 5.41) is 8.81. The van der Waals surface area contributed by atoms with E-state index in [-0.39, 0.29) is 0 Å². The first kappa shape index (κ1) is 11.9. The standard InChI is InChI=1S/C14H12N2O2/c1-10-3-4-12(13(7-10)17-2)18-14-8-11(9-15)5-6-16-14/h3-8H,1-2H3. The van der Waals surface area contributed by atoms with Gasteiger partial charge >= 0.3 is 0 Å². The van der Waals surface area contributed by atoms with Gasteiger partial charge in [0.15, 0.2) is 11.5 Å². The second-order valence-corrected chi connectivity index (χ2v) is 3.75. The number of hydrogen-bond acceptors (Lipinski definition) is 4. The lowest BCUT2D eigenvalue weighted by Crippen LogP contribution is -1.93. The molecule has 0 fully saturated rings. The molecule has 90 valence electrons. The molecule has 0 aliphatic carbocycles. The molecule has 1 aromatic heterocycles. The van der Waals surface area contributed by atoms with Crippen LogP contribution in [0.25, 0.3) is 0 Å². The molecule has 0 saturated carbocycles. The van der Waals surface area contributed by atoms with Gasteiger partial charge in [0, 0.05) is 12.3 Å². The average molecular weight is 240 g/mol. The van der Waals surface area contributed by atoms with E-state index < -0.39 is 0 Å². The number of nitriles is 1. The highest BCUT2D eigenvalue weighted by Crippen LogP contribution is 2.31. The third kappa shape index (κ3) is 2.58. The predicted molar refractivity (Wildman–Crippen MR) is 66.8 cm³/mol. The maximum atomic E-state index is 8.81. The molecule has 0 N–H and O–H groups in total. The molecule has 0 aliphatic heterocycles. The molecule has 0 radical (unpaired) electrons. The van der Waals surface area contributed by atoms with Crippen molar-refractivity contribution in [2.75, 3.05) is 7.11 Å². The van der Waals surface area contributed by atoms with Crippen LogP contribution in [0.2, 0.25) is 0 Å². The molecular weight excluding hydrogens is 228 g/mol. The third-order valence-corrected chi connectivity index (χ3v) is 2.40. The number of methoxy groups -OCH3 is 1. The van der Waals surface area contributed by atoms with Crippen molar-refractivity contribution in [3.05, 3.63) is 47.7 Å². The SMILES string of the molecule is COc1cc(C)ccc1Oc1cc(C#N)ccn1. The van der Waals surface area contributed by atoms with Crippen LogP contribution in [0.4, 0.5) is 0 Å². The molecule has 4 nitrogen and oxygen atoms in total. The van der Waals surface area contributed by atoms with E-state index in [1.165, 1.54) is 6.20 Å². The fourth-order valence-corrected chi connectivity index (χ4v) is 1.51. The van der Waals surface area contributed by atoms with Gasteiger partial charge < -0.3 is 9.47 Å². The highest BCUT2D eigenvalue weighted by atomic mass is 16.5. The Kier molecular flexibility index (Phi) is 3.44. The Morgan fingerprint density at radius 1 is 1.17 bits per heavy atom. The second-order valence-electron chi connectivity index (χ2n) is 3.75. The van der Waals surface area contributed by atoms with E-state index in [0.29, 0.717) is 22.9 Å². The van der Waals surface area contributed by atoms with E-state index in [4.69, 9.17) is 14.7 Å². The molecule has 0 amide bonds. The van der Waals surface area contributed by atoms with Crippen molar-refractivity contribution in [3.63, 3.8) is 0 Å². The van der Waals surface area contributed by atoms with Crippen molar-refractivity contribution >= 4 is 0 Å². The van der Waals surface area contributed by atoms with Gasteiger partial charge in [-0.2, -0.15) is 5.26 Å². The van der Waals surface area contributed by atoms with Gasteiger partial charge in [0.2, 0.25) is 5.88 Å². The monoisotopic (exact) mass is 240 g/mol. The Labute approximate surface area is 105 Å². The zero-order valence-corrected chi connectivity index (χ0v) is 10.2. The van der Waals surface area contributed by atoms with Gasteiger partial charge in [0.1, 0.15) is 0 Å². The Bertz CT molecular complexity index is 603. The summed E-state index contributed by atoms with van der Waals surface area (Å²) in [5.41, 5.74) is 1.59. The van der Waals surface area contributed by atoms with Gasteiger partial charge in [-0.15, -0.1) is 0 Å².